The molecule has 3 heteroatoms. The Balaban J connectivity index is 1.67. The molecule has 3 atom stereocenters. The second-order valence-corrected chi connectivity index (χ2v) is 5.34. The number of nitrogens with one attached hydrogen (secondary N) is 1. The van der Waals surface area contributed by atoms with Crippen LogP contribution in [-0.4, -0.2) is 49.8 Å². The summed E-state index contributed by atoms with van der Waals surface area (Å²) in [7, 11) is 0. The topological polar surface area (TPSA) is 24.5 Å². The third-order valence-electron chi connectivity index (χ3n) is 4.14. The van der Waals surface area contributed by atoms with Gasteiger partial charge in [0.1, 0.15) is 0 Å². The monoisotopic (exact) mass is 226 g/mol. The van der Waals surface area contributed by atoms with Gasteiger partial charge in [-0.05, 0) is 45.2 Å². The van der Waals surface area contributed by atoms with Gasteiger partial charge < -0.3 is 15.0 Å². The molecule has 0 aromatic carbocycles. The second kappa shape index (κ2) is 5.99. The van der Waals surface area contributed by atoms with Crippen LogP contribution in [-0.2, 0) is 4.74 Å². The zero-order chi connectivity index (χ0) is 11.4. The smallest absolute Gasteiger partial charge is 0.0507 e. The van der Waals surface area contributed by atoms with Crippen LogP contribution in [0.4, 0.5) is 0 Å². The van der Waals surface area contributed by atoms with Crippen LogP contribution in [0.1, 0.15) is 33.1 Å². The lowest BCUT2D eigenvalue weighted by molar-refractivity contribution is 0.139. The van der Waals surface area contributed by atoms with Gasteiger partial charge in [-0.15, -0.1) is 0 Å². The lowest BCUT2D eigenvalue weighted by Gasteiger charge is -2.37. The van der Waals surface area contributed by atoms with E-state index in [0.717, 1.165) is 37.8 Å². The van der Waals surface area contributed by atoms with Crippen molar-refractivity contribution in [3.63, 3.8) is 0 Å². The molecule has 1 N–H and O–H groups in total. The van der Waals surface area contributed by atoms with E-state index in [9.17, 15) is 0 Å². The van der Waals surface area contributed by atoms with Gasteiger partial charge in [0.15, 0.2) is 0 Å². The van der Waals surface area contributed by atoms with E-state index in [1.54, 1.807) is 0 Å². The summed E-state index contributed by atoms with van der Waals surface area (Å²) in [6.45, 7) is 10.2. The van der Waals surface area contributed by atoms with Crippen molar-refractivity contribution in [3.8, 4) is 0 Å². The van der Waals surface area contributed by atoms with E-state index >= 15 is 0 Å². The minimum Gasteiger partial charge on any atom is -0.381 e. The molecule has 0 amide bonds. The van der Waals surface area contributed by atoms with Crippen molar-refractivity contribution in [3.05, 3.63) is 0 Å². The van der Waals surface area contributed by atoms with Crippen LogP contribution in [0.2, 0.25) is 0 Å². The highest BCUT2D eigenvalue weighted by molar-refractivity contribution is 4.83. The zero-order valence-corrected chi connectivity index (χ0v) is 10.7. The Labute approximate surface area is 99.5 Å². The average molecular weight is 226 g/mol. The summed E-state index contributed by atoms with van der Waals surface area (Å²) in [5, 5.41) is 3.73. The fraction of sp³-hybridized carbons (Fsp3) is 1.00. The van der Waals surface area contributed by atoms with Crippen molar-refractivity contribution >= 4 is 0 Å². The Hall–Kier alpha value is -0.120. The maximum absolute atomic E-state index is 5.40. The number of ether oxygens (including phenoxy) is 1. The van der Waals surface area contributed by atoms with Crippen molar-refractivity contribution in [2.45, 2.75) is 45.2 Å². The first-order valence-electron chi connectivity index (χ1n) is 6.84. The molecule has 2 aliphatic rings. The molecule has 0 radical (unpaired) electrons. The molecule has 94 valence electrons. The number of nitrogens with zero attached hydrogens (tertiary/aromatic N) is 1. The Kier molecular flexibility index (Phi) is 4.62. The summed E-state index contributed by atoms with van der Waals surface area (Å²) in [5.74, 6) is 0.763. The standard InChI is InChI=1S/C13H26N2O/c1-3-15-6-4-13(8-11(15)2)14-9-12-5-7-16-10-12/h11-14H,3-10H2,1-2H3. The van der Waals surface area contributed by atoms with Crippen molar-refractivity contribution in [1.29, 1.82) is 0 Å². The summed E-state index contributed by atoms with van der Waals surface area (Å²) in [6.07, 6.45) is 3.86. The van der Waals surface area contributed by atoms with E-state index < -0.39 is 0 Å². The average Bonchev–Trinajstić information content (AvgIpc) is 2.79. The third kappa shape index (κ3) is 3.19. The van der Waals surface area contributed by atoms with Crippen LogP contribution in [0.15, 0.2) is 0 Å². The van der Waals surface area contributed by atoms with Gasteiger partial charge >= 0.3 is 0 Å². The largest absolute Gasteiger partial charge is 0.381 e. The summed E-state index contributed by atoms with van der Waals surface area (Å²) in [4.78, 5) is 2.58. The fourth-order valence-corrected chi connectivity index (χ4v) is 2.95. The first-order valence-corrected chi connectivity index (χ1v) is 6.84. The van der Waals surface area contributed by atoms with Gasteiger partial charge in [0, 0.05) is 25.2 Å². The van der Waals surface area contributed by atoms with Crippen molar-refractivity contribution < 1.29 is 4.74 Å². The highest BCUT2D eigenvalue weighted by Crippen LogP contribution is 2.18. The molecular formula is C13H26N2O. The van der Waals surface area contributed by atoms with Crippen LogP contribution in [0, 0.1) is 5.92 Å². The molecule has 2 aliphatic heterocycles. The van der Waals surface area contributed by atoms with E-state index in [0.29, 0.717) is 0 Å². The van der Waals surface area contributed by atoms with Crippen molar-refractivity contribution in [2.24, 2.45) is 5.92 Å². The van der Waals surface area contributed by atoms with Gasteiger partial charge in [-0.3, -0.25) is 0 Å². The molecule has 2 heterocycles. The molecule has 3 nitrogen and oxygen atoms in total. The van der Waals surface area contributed by atoms with Gasteiger partial charge in [-0.25, -0.2) is 0 Å². The fourth-order valence-electron chi connectivity index (χ4n) is 2.95. The van der Waals surface area contributed by atoms with Crippen LogP contribution in [0.5, 0.6) is 0 Å². The molecule has 0 saturated carbocycles. The third-order valence-corrected chi connectivity index (χ3v) is 4.14. The molecule has 2 fully saturated rings. The van der Waals surface area contributed by atoms with Crippen LogP contribution >= 0.6 is 0 Å². The summed E-state index contributed by atoms with van der Waals surface area (Å²) < 4.78 is 5.40. The van der Waals surface area contributed by atoms with E-state index in [2.05, 4.69) is 24.1 Å². The molecule has 0 aromatic heterocycles. The van der Waals surface area contributed by atoms with Gasteiger partial charge in [-0.2, -0.15) is 0 Å². The predicted octanol–water partition coefficient (Wildman–Crippen LogP) is 1.49. The normalized spacial score (nSPS) is 36.8. The van der Waals surface area contributed by atoms with Crippen molar-refractivity contribution in [1.82, 2.24) is 10.2 Å². The van der Waals surface area contributed by atoms with E-state index in [1.165, 1.54) is 32.4 Å². The summed E-state index contributed by atoms with van der Waals surface area (Å²) in [5.41, 5.74) is 0. The number of piperidine rings is 1. The predicted molar refractivity (Wildman–Crippen MR) is 66.7 cm³/mol. The number of hydrogen-bond donors (Lipinski definition) is 1. The Morgan fingerprint density at radius 2 is 2.25 bits per heavy atom. The SMILES string of the molecule is CCN1CCC(NCC2CCOC2)CC1C. The van der Waals surface area contributed by atoms with Crippen LogP contribution in [0.3, 0.4) is 0 Å². The second-order valence-electron chi connectivity index (χ2n) is 5.34. The molecule has 0 spiro atoms. The molecule has 0 aliphatic carbocycles. The number of hydrogen-bond acceptors (Lipinski definition) is 3. The number of likely N-dealkylation sites (tertiary alicyclic amines) is 1. The van der Waals surface area contributed by atoms with Gasteiger partial charge in [0.05, 0.1) is 6.61 Å². The van der Waals surface area contributed by atoms with E-state index in [1.807, 2.05) is 0 Å². The van der Waals surface area contributed by atoms with Gasteiger partial charge in [-0.1, -0.05) is 6.92 Å². The molecule has 3 unspecified atom stereocenters. The van der Waals surface area contributed by atoms with Crippen LogP contribution < -0.4 is 5.32 Å². The number of rotatable bonds is 4. The van der Waals surface area contributed by atoms with E-state index in [-0.39, 0.29) is 0 Å². The Morgan fingerprint density at radius 3 is 2.88 bits per heavy atom. The Morgan fingerprint density at radius 1 is 1.38 bits per heavy atom. The lowest BCUT2D eigenvalue weighted by Crippen LogP contribution is -2.48. The molecule has 16 heavy (non-hydrogen) atoms. The van der Waals surface area contributed by atoms with Crippen molar-refractivity contribution in [2.75, 3.05) is 32.8 Å². The minimum atomic E-state index is 0.735. The lowest BCUT2D eigenvalue weighted by atomic mass is 9.97. The van der Waals surface area contributed by atoms with E-state index in [4.69, 9.17) is 4.74 Å². The quantitative estimate of drug-likeness (QED) is 0.786. The Bertz CT molecular complexity index is 204. The maximum Gasteiger partial charge on any atom is 0.0507 e. The molecule has 0 bridgehead atoms. The maximum atomic E-state index is 5.40. The zero-order valence-electron chi connectivity index (χ0n) is 10.7. The minimum absolute atomic E-state index is 0.735. The van der Waals surface area contributed by atoms with Gasteiger partial charge in [0.25, 0.3) is 0 Å². The first-order chi connectivity index (χ1) is 7.79. The van der Waals surface area contributed by atoms with Gasteiger partial charge in [0.2, 0.25) is 0 Å². The molecule has 2 saturated heterocycles. The molecule has 2 rings (SSSR count). The molecular weight excluding hydrogens is 200 g/mol. The van der Waals surface area contributed by atoms with Crippen LogP contribution in [0.25, 0.3) is 0 Å². The highest BCUT2D eigenvalue weighted by Gasteiger charge is 2.25. The summed E-state index contributed by atoms with van der Waals surface area (Å²) in [6, 6.07) is 1.48. The molecule has 0 aromatic rings. The highest BCUT2D eigenvalue weighted by atomic mass is 16.5. The first kappa shape index (κ1) is 12.3. The summed E-state index contributed by atoms with van der Waals surface area (Å²) >= 11 is 0.